The molecule has 0 aliphatic carbocycles. The minimum absolute atomic E-state index is 0.00255. The molecule has 0 radical (unpaired) electrons. The molecule has 0 spiro atoms. The normalized spacial score (nSPS) is 24.0. The number of piperazine rings is 1. The van der Waals surface area contributed by atoms with Gasteiger partial charge in [0.15, 0.2) is 0 Å². The first-order valence-electron chi connectivity index (χ1n) is 5.32. The summed E-state index contributed by atoms with van der Waals surface area (Å²) in [5, 5.41) is 2.33. The van der Waals surface area contributed by atoms with E-state index in [1.54, 1.807) is 0 Å². The molecule has 1 heterocycles. The molecule has 1 fully saturated rings. The van der Waals surface area contributed by atoms with Gasteiger partial charge in [-0.25, -0.2) is 0 Å². The fourth-order valence-electron chi connectivity index (χ4n) is 1.80. The summed E-state index contributed by atoms with van der Waals surface area (Å²) in [4.78, 5) is 25.1. The zero-order chi connectivity index (χ0) is 12.3. The van der Waals surface area contributed by atoms with Gasteiger partial charge in [0.1, 0.15) is 0 Å². The molecule has 2 unspecified atom stereocenters. The highest BCUT2D eigenvalue weighted by atomic mass is 32.1. The second-order valence-corrected chi connectivity index (χ2v) is 4.54. The van der Waals surface area contributed by atoms with Crippen LogP contribution in [0.25, 0.3) is 0 Å². The van der Waals surface area contributed by atoms with E-state index in [0.29, 0.717) is 18.0 Å². The molecule has 0 saturated carbocycles. The molecular formula is C10H17N3O2S. The zero-order valence-corrected chi connectivity index (χ0v) is 10.3. The molecule has 90 valence electrons. The van der Waals surface area contributed by atoms with E-state index in [1.165, 1.54) is 0 Å². The zero-order valence-electron chi connectivity index (χ0n) is 9.53. The fourth-order valence-corrected chi connectivity index (χ4v) is 1.87. The smallest absolute Gasteiger partial charge is 0.243 e. The Kier molecular flexibility index (Phi) is 4.37. The molecule has 0 aromatic carbocycles. The lowest BCUT2D eigenvalue weighted by Gasteiger charge is -2.34. The highest BCUT2D eigenvalue weighted by Crippen LogP contribution is 2.11. The van der Waals surface area contributed by atoms with Crippen LogP contribution in [-0.4, -0.2) is 40.8 Å². The Balaban J connectivity index is 2.71. The average Bonchev–Trinajstić information content (AvgIpc) is 2.16. The van der Waals surface area contributed by atoms with Crippen LogP contribution in [0.15, 0.2) is 0 Å². The lowest BCUT2D eigenvalue weighted by molar-refractivity contribution is -0.140. The van der Waals surface area contributed by atoms with Crippen LogP contribution in [-0.2, 0) is 9.59 Å². The summed E-state index contributed by atoms with van der Waals surface area (Å²) in [6.07, 6.45) is 0.670. The van der Waals surface area contributed by atoms with Gasteiger partial charge >= 0.3 is 0 Å². The second kappa shape index (κ2) is 5.36. The van der Waals surface area contributed by atoms with Crippen molar-refractivity contribution in [1.29, 1.82) is 0 Å². The minimum atomic E-state index is -0.259. The Hall–Kier alpha value is -1.01. The van der Waals surface area contributed by atoms with Gasteiger partial charge in [-0.1, -0.05) is 26.1 Å². The first kappa shape index (κ1) is 13.1. The number of hydrogen-bond acceptors (Lipinski definition) is 4. The van der Waals surface area contributed by atoms with Crippen LogP contribution in [0.2, 0.25) is 0 Å². The Morgan fingerprint density at radius 2 is 2.31 bits per heavy atom. The van der Waals surface area contributed by atoms with Crippen molar-refractivity contribution in [2.24, 2.45) is 11.7 Å². The van der Waals surface area contributed by atoms with E-state index in [1.807, 2.05) is 18.7 Å². The van der Waals surface area contributed by atoms with Crippen LogP contribution in [0.4, 0.5) is 0 Å². The van der Waals surface area contributed by atoms with Gasteiger partial charge < -0.3 is 5.73 Å². The number of carbonyl (C=O) groups excluding carboxylic acids is 2. The first-order chi connectivity index (χ1) is 7.45. The Morgan fingerprint density at radius 3 is 2.81 bits per heavy atom. The number of nitrogens with two attached hydrogens (primary N) is 1. The summed E-state index contributed by atoms with van der Waals surface area (Å²) in [5.74, 6) is -0.485. The van der Waals surface area contributed by atoms with E-state index in [2.05, 4.69) is 5.32 Å². The number of rotatable bonds is 4. The van der Waals surface area contributed by atoms with Gasteiger partial charge in [0.05, 0.1) is 17.6 Å². The average molecular weight is 243 g/mol. The van der Waals surface area contributed by atoms with Crippen LogP contribution in [0.5, 0.6) is 0 Å². The predicted octanol–water partition coefficient (Wildman–Crippen LogP) is -0.354. The van der Waals surface area contributed by atoms with Gasteiger partial charge in [0, 0.05) is 12.5 Å². The quantitative estimate of drug-likeness (QED) is 0.521. The Morgan fingerprint density at radius 1 is 1.69 bits per heavy atom. The molecule has 5 nitrogen and oxygen atoms in total. The molecule has 1 saturated heterocycles. The molecule has 6 heteroatoms. The van der Waals surface area contributed by atoms with E-state index in [4.69, 9.17) is 18.0 Å². The van der Waals surface area contributed by atoms with E-state index in [-0.39, 0.29) is 30.3 Å². The summed E-state index contributed by atoms with van der Waals surface area (Å²) >= 11 is 4.89. The van der Waals surface area contributed by atoms with Crippen molar-refractivity contribution < 1.29 is 9.59 Å². The third-order valence-electron chi connectivity index (χ3n) is 2.73. The van der Waals surface area contributed by atoms with E-state index in [9.17, 15) is 9.59 Å². The summed E-state index contributed by atoms with van der Waals surface area (Å²) in [6, 6.07) is -0.255. The first-order valence-corrected chi connectivity index (χ1v) is 5.73. The van der Waals surface area contributed by atoms with Gasteiger partial charge in [-0.2, -0.15) is 0 Å². The number of carbonyl (C=O) groups is 2. The topological polar surface area (TPSA) is 75.4 Å². The lowest BCUT2D eigenvalue weighted by Crippen LogP contribution is -2.59. The van der Waals surface area contributed by atoms with Crippen LogP contribution in [0, 0.1) is 5.92 Å². The summed E-state index contributed by atoms with van der Waals surface area (Å²) < 4.78 is 0. The van der Waals surface area contributed by atoms with Crippen LogP contribution < -0.4 is 11.1 Å². The molecule has 0 aromatic rings. The second-order valence-electron chi connectivity index (χ2n) is 4.07. The highest BCUT2D eigenvalue weighted by molar-refractivity contribution is 7.80. The van der Waals surface area contributed by atoms with Crippen molar-refractivity contribution >= 4 is 29.0 Å². The highest BCUT2D eigenvalue weighted by Gasteiger charge is 2.33. The van der Waals surface area contributed by atoms with Crippen molar-refractivity contribution in [2.75, 3.05) is 13.1 Å². The Labute approximate surface area is 100 Å². The summed E-state index contributed by atoms with van der Waals surface area (Å²) in [6.45, 7) is 4.59. The predicted molar refractivity (Wildman–Crippen MR) is 64.8 cm³/mol. The maximum absolute atomic E-state index is 11.6. The van der Waals surface area contributed by atoms with E-state index < -0.39 is 0 Å². The lowest BCUT2D eigenvalue weighted by atomic mass is 10.1. The SMILES string of the molecule is CCC1C(=O)NC(=O)CN1CC(C)C(N)=S. The standard InChI is InChI=1S/C10H17N3O2S/c1-3-7-10(15)12-8(14)5-13(7)4-6(2)9(11)16/h6-7H,3-5H2,1-2H3,(H2,11,16)(H,12,14,15). The fraction of sp³-hybridized carbons (Fsp3) is 0.700. The molecule has 0 bridgehead atoms. The number of nitrogens with zero attached hydrogens (tertiary/aromatic N) is 1. The third kappa shape index (κ3) is 2.99. The van der Waals surface area contributed by atoms with Crippen LogP contribution >= 0.6 is 12.2 Å². The van der Waals surface area contributed by atoms with Gasteiger partial charge in [-0.05, 0) is 6.42 Å². The summed E-state index contributed by atoms with van der Waals surface area (Å²) in [7, 11) is 0. The molecule has 0 aromatic heterocycles. The number of imide groups is 1. The molecule has 16 heavy (non-hydrogen) atoms. The van der Waals surface area contributed by atoms with E-state index in [0.717, 1.165) is 0 Å². The van der Waals surface area contributed by atoms with Crippen molar-refractivity contribution in [3.8, 4) is 0 Å². The molecule has 2 amide bonds. The number of thiocarbonyl (C=S) groups is 1. The molecule has 2 atom stereocenters. The molecule has 1 rings (SSSR count). The van der Waals surface area contributed by atoms with Gasteiger partial charge in [0.25, 0.3) is 0 Å². The maximum atomic E-state index is 11.6. The van der Waals surface area contributed by atoms with Crippen molar-refractivity contribution in [1.82, 2.24) is 10.2 Å². The molecular weight excluding hydrogens is 226 g/mol. The monoisotopic (exact) mass is 243 g/mol. The van der Waals surface area contributed by atoms with Crippen molar-refractivity contribution in [3.63, 3.8) is 0 Å². The molecule has 3 N–H and O–H groups in total. The van der Waals surface area contributed by atoms with Gasteiger partial charge in [0.2, 0.25) is 11.8 Å². The number of nitrogens with one attached hydrogen (secondary N) is 1. The van der Waals surface area contributed by atoms with Crippen molar-refractivity contribution in [3.05, 3.63) is 0 Å². The minimum Gasteiger partial charge on any atom is -0.393 e. The van der Waals surface area contributed by atoms with Crippen molar-refractivity contribution in [2.45, 2.75) is 26.3 Å². The maximum Gasteiger partial charge on any atom is 0.243 e. The van der Waals surface area contributed by atoms with Crippen LogP contribution in [0.1, 0.15) is 20.3 Å². The van der Waals surface area contributed by atoms with E-state index >= 15 is 0 Å². The number of hydrogen-bond donors (Lipinski definition) is 2. The molecule has 1 aliphatic rings. The number of amides is 2. The van der Waals surface area contributed by atoms with Gasteiger partial charge in [-0.3, -0.25) is 19.8 Å². The molecule has 1 aliphatic heterocycles. The van der Waals surface area contributed by atoms with Crippen LogP contribution in [0.3, 0.4) is 0 Å². The summed E-state index contributed by atoms with van der Waals surface area (Å²) in [5.41, 5.74) is 5.53. The largest absolute Gasteiger partial charge is 0.393 e. The third-order valence-corrected chi connectivity index (χ3v) is 3.14. The Bertz CT molecular complexity index is 319. The van der Waals surface area contributed by atoms with Gasteiger partial charge in [-0.15, -0.1) is 0 Å².